The number of benzene rings is 3. The molecule has 0 radical (unpaired) electrons. The lowest BCUT2D eigenvalue weighted by Gasteiger charge is -2.24. The number of carbonyl (C=O) groups is 2. The van der Waals surface area contributed by atoms with Crippen LogP contribution in [-0.2, 0) is 14.3 Å². The summed E-state index contributed by atoms with van der Waals surface area (Å²) in [5, 5.41) is 13.6. The number of rotatable bonds is 12. The number of unbranched alkanes of at least 4 members (excludes halogenated alkanes) is 1. The highest BCUT2D eigenvalue weighted by molar-refractivity contribution is 6.09. The zero-order valence-electron chi connectivity index (χ0n) is 27.3. The van der Waals surface area contributed by atoms with Gasteiger partial charge in [-0.2, -0.15) is 13.2 Å². The van der Waals surface area contributed by atoms with Crippen molar-refractivity contribution in [1.29, 1.82) is 0 Å². The Kier molecular flexibility index (Phi) is 11.5. The summed E-state index contributed by atoms with van der Waals surface area (Å²) in [6.45, 7) is 5.11. The van der Waals surface area contributed by atoms with E-state index in [1.807, 2.05) is 12.1 Å². The van der Waals surface area contributed by atoms with Crippen LogP contribution in [0.25, 0.3) is 17.2 Å². The molecule has 2 amide bonds. The predicted molar refractivity (Wildman–Crippen MR) is 182 cm³/mol. The van der Waals surface area contributed by atoms with Crippen molar-refractivity contribution in [2.24, 2.45) is 0 Å². The molecule has 1 atom stereocenters. The lowest BCUT2D eigenvalue weighted by atomic mass is 9.99. The number of hydrogen-bond donors (Lipinski definition) is 2. The van der Waals surface area contributed by atoms with Crippen LogP contribution in [0, 0.1) is 6.92 Å². The quantitative estimate of drug-likeness (QED) is 0.150. The number of amides is 2. The van der Waals surface area contributed by atoms with Crippen molar-refractivity contribution in [3.05, 3.63) is 113 Å². The molecule has 0 spiro atoms. The molecule has 4 aromatic rings. The monoisotopic (exact) mass is 673 g/mol. The molecule has 1 aliphatic rings. The lowest BCUT2D eigenvalue weighted by molar-refractivity contribution is -0.170. The van der Waals surface area contributed by atoms with Gasteiger partial charge in [-0.25, -0.2) is 0 Å². The number of aliphatic hydroxyl groups excluding tert-OH is 1. The summed E-state index contributed by atoms with van der Waals surface area (Å²) in [5.74, 6) is -1.88. The van der Waals surface area contributed by atoms with Gasteiger partial charge in [-0.3, -0.25) is 14.6 Å². The summed E-state index contributed by atoms with van der Waals surface area (Å²) in [6.07, 6.45) is -1.00. The molecular weight excluding hydrogens is 635 g/mol. The second kappa shape index (κ2) is 15.9. The summed E-state index contributed by atoms with van der Waals surface area (Å²) < 4.78 is 52.2. The zero-order valence-corrected chi connectivity index (χ0v) is 27.3. The van der Waals surface area contributed by atoms with Crippen LogP contribution in [-0.4, -0.2) is 54.4 Å². The molecule has 3 aromatic carbocycles. The van der Waals surface area contributed by atoms with E-state index in [0.29, 0.717) is 64.1 Å². The number of halogens is 3. The highest BCUT2D eigenvalue weighted by atomic mass is 19.4. The Bertz CT molecular complexity index is 1790. The maximum Gasteiger partial charge on any atom is 0.471 e. The van der Waals surface area contributed by atoms with Crippen LogP contribution in [0.15, 0.2) is 90.6 Å². The van der Waals surface area contributed by atoms with Gasteiger partial charge >= 0.3 is 12.1 Å². The van der Waals surface area contributed by atoms with E-state index in [4.69, 9.17) is 9.47 Å². The Balaban J connectivity index is 1.37. The van der Waals surface area contributed by atoms with Crippen LogP contribution in [0.5, 0.6) is 5.75 Å². The summed E-state index contributed by atoms with van der Waals surface area (Å²) in [4.78, 5) is 30.9. The number of aryl methyl sites for hydroxylation is 1. The summed E-state index contributed by atoms with van der Waals surface area (Å²) in [7, 11) is 0. The Morgan fingerprint density at radius 3 is 2.45 bits per heavy atom. The van der Waals surface area contributed by atoms with Gasteiger partial charge in [-0.1, -0.05) is 43.7 Å². The van der Waals surface area contributed by atoms with Crippen LogP contribution in [0.3, 0.4) is 0 Å². The van der Waals surface area contributed by atoms with Crippen molar-refractivity contribution in [1.82, 2.24) is 4.98 Å². The van der Waals surface area contributed by atoms with Crippen LogP contribution >= 0.6 is 0 Å². The highest BCUT2D eigenvalue weighted by Gasteiger charge is 2.44. The average Bonchev–Trinajstić information content (AvgIpc) is 3.29. The van der Waals surface area contributed by atoms with E-state index in [-0.39, 0.29) is 24.2 Å². The number of fused-ring (bicyclic) bond motifs is 1. The Labute approximate surface area is 283 Å². The van der Waals surface area contributed by atoms with Gasteiger partial charge in [0, 0.05) is 30.6 Å². The third-order valence-electron chi connectivity index (χ3n) is 8.15. The molecule has 0 saturated carbocycles. The molecule has 0 bridgehead atoms. The van der Waals surface area contributed by atoms with E-state index in [9.17, 15) is 27.9 Å². The first-order valence-corrected chi connectivity index (χ1v) is 16.1. The number of ether oxygens (including phenoxy) is 2. The number of nitrogens with one attached hydrogen (secondary N) is 1. The number of aromatic nitrogens is 1. The Hall–Kier alpha value is -5.00. The van der Waals surface area contributed by atoms with E-state index in [0.717, 1.165) is 18.4 Å². The molecule has 49 heavy (non-hydrogen) atoms. The molecule has 1 aliphatic heterocycles. The van der Waals surface area contributed by atoms with Crippen molar-refractivity contribution in [2.45, 2.75) is 45.4 Å². The second-order valence-electron chi connectivity index (χ2n) is 11.7. The summed E-state index contributed by atoms with van der Waals surface area (Å²) in [5.41, 5.74) is 4.26. The number of aliphatic hydroxyl groups is 1. The molecule has 0 aliphatic carbocycles. The van der Waals surface area contributed by atoms with Gasteiger partial charge in [0.05, 0.1) is 18.0 Å². The number of nitrogens with zero attached hydrogens (tertiary/aromatic N) is 2. The first kappa shape index (κ1) is 35.3. The smallest absolute Gasteiger partial charge is 0.471 e. The molecule has 2 N–H and O–H groups in total. The van der Waals surface area contributed by atoms with Crippen LogP contribution in [0.2, 0.25) is 0 Å². The number of carbonyl (C=O) groups excluding carboxylic acids is 2. The van der Waals surface area contributed by atoms with Gasteiger partial charge < -0.3 is 24.8 Å². The second-order valence-corrected chi connectivity index (χ2v) is 11.7. The van der Waals surface area contributed by atoms with Gasteiger partial charge in [0.2, 0.25) is 0 Å². The number of anilines is 2. The largest absolute Gasteiger partial charge is 0.491 e. The third kappa shape index (κ3) is 8.92. The molecular formula is C38H38F3N3O5. The number of pyridine rings is 1. The minimum absolute atomic E-state index is 0.0561. The Morgan fingerprint density at radius 1 is 0.980 bits per heavy atom. The molecule has 8 nitrogen and oxygen atoms in total. The fourth-order valence-corrected chi connectivity index (χ4v) is 5.53. The summed E-state index contributed by atoms with van der Waals surface area (Å²) >= 11 is 0. The van der Waals surface area contributed by atoms with Crippen LogP contribution < -0.4 is 15.0 Å². The standard InChI is InChI=1S/C38H38F3N3O5/c1-3-4-19-48-20-21-49-31-12-8-26(9-13-31)27-10-15-34-29(23-27)24-28(16-18-44(34)37(47)38(39,40)41)36(46)43-30-11-14-32(25(2)22-30)35(45)33-7-5-6-17-42-33/h5-15,17,22-24,35,45H,3-4,16,18-21H2,1-2H3,(H,43,46). The van der Waals surface area contributed by atoms with E-state index in [1.54, 1.807) is 73.8 Å². The van der Waals surface area contributed by atoms with Crippen molar-refractivity contribution in [3.8, 4) is 16.9 Å². The molecule has 1 unspecified atom stereocenters. The predicted octanol–water partition coefficient (Wildman–Crippen LogP) is 7.66. The first-order chi connectivity index (χ1) is 23.5. The van der Waals surface area contributed by atoms with Crippen LogP contribution in [0.4, 0.5) is 24.5 Å². The van der Waals surface area contributed by atoms with E-state index < -0.39 is 24.1 Å². The fraction of sp³-hybridized carbons (Fsp3) is 0.289. The maximum absolute atomic E-state index is 13.7. The van der Waals surface area contributed by atoms with E-state index in [1.165, 1.54) is 12.1 Å². The highest BCUT2D eigenvalue weighted by Crippen LogP contribution is 2.35. The zero-order chi connectivity index (χ0) is 35.0. The van der Waals surface area contributed by atoms with E-state index in [2.05, 4.69) is 17.2 Å². The molecule has 2 heterocycles. The van der Waals surface area contributed by atoms with Crippen molar-refractivity contribution in [3.63, 3.8) is 0 Å². The number of hydrogen-bond acceptors (Lipinski definition) is 6. The maximum atomic E-state index is 13.7. The topological polar surface area (TPSA) is 101 Å². The lowest BCUT2D eigenvalue weighted by Crippen LogP contribution is -2.42. The van der Waals surface area contributed by atoms with Gasteiger partial charge in [0.15, 0.2) is 0 Å². The number of alkyl halides is 3. The van der Waals surface area contributed by atoms with Gasteiger partial charge in [-0.05, 0) is 102 Å². The third-order valence-corrected chi connectivity index (χ3v) is 8.15. The normalized spacial score (nSPS) is 13.6. The average molecular weight is 674 g/mol. The molecule has 0 saturated heterocycles. The molecule has 256 valence electrons. The molecule has 5 rings (SSSR count). The van der Waals surface area contributed by atoms with Crippen molar-refractivity contribution >= 4 is 29.3 Å². The molecule has 11 heteroatoms. The van der Waals surface area contributed by atoms with E-state index >= 15 is 0 Å². The first-order valence-electron chi connectivity index (χ1n) is 16.1. The fourth-order valence-electron chi connectivity index (χ4n) is 5.53. The Morgan fingerprint density at radius 2 is 1.76 bits per heavy atom. The van der Waals surface area contributed by atoms with Crippen molar-refractivity contribution < 1.29 is 37.3 Å². The SMILES string of the molecule is CCCCOCCOc1ccc(-c2ccc3c(c2)C=C(C(=O)Nc2ccc(C(O)c4ccccn4)c(C)c2)CCN3C(=O)C(F)(F)F)cc1. The minimum Gasteiger partial charge on any atom is -0.491 e. The molecule has 0 fully saturated rings. The van der Waals surface area contributed by atoms with Gasteiger partial charge in [0.25, 0.3) is 5.91 Å². The minimum atomic E-state index is -5.10. The summed E-state index contributed by atoms with van der Waals surface area (Å²) in [6, 6.07) is 22.3. The van der Waals surface area contributed by atoms with Crippen LogP contribution in [0.1, 0.15) is 54.7 Å². The van der Waals surface area contributed by atoms with Crippen molar-refractivity contribution in [2.75, 3.05) is 36.6 Å². The van der Waals surface area contributed by atoms with Gasteiger partial charge in [0.1, 0.15) is 18.5 Å². The molecule has 1 aromatic heterocycles. The van der Waals surface area contributed by atoms with Gasteiger partial charge in [-0.15, -0.1) is 0 Å².